The molecule has 2 saturated carbocycles. The van der Waals surface area contributed by atoms with Crippen LogP contribution in [0, 0.1) is 0 Å². The number of nitrogens with one attached hydrogen (secondary N) is 3. The Balaban J connectivity index is 1.65. The summed E-state index contributed by atoms with van der Waals surface area (Å²) >= 11 is 0. The van der Waals surface area contributed by atoms with Crippen molar-refractivity contribution in [3.05, 3.63) is 33.9 Å². The van der Waals surface area contributed by atoms with Gasteiger partial charge in [0.15, 0.2) is 0 Å². The highest BCUT2D eigenvalue weighted by Crippen LogP contribution is 2.42. The predicted octanol–water partition coefficient (Wildman–Crippen LogP) is 2.77. The molecule has 0 amide bonds. The summed E-state index contributed by atoms with van der Waals surface area (Å²) in [6.45, 7) is 3.09. The van der Waals surface area contributed by atoms with Crippen molar-refractivity contribution in [1.82, 2.24) is 15.3 Å². The van der Waals surface area contributed by atoms with Gasteiger partial charge in [0.1, 0.15) is 5.52 Å². The molecule has 4 heteroatoms. The maximum atomic E-state index is 11.9. The fourth-order valence-electron chi connectivity index (χ4n) is 3.23. The predicted molar refractivity (Wildman–Crippen MR) is 80.0 cm³/mol. The summed E-state index contributed by atoms with van der Waals surface area (Å²) < 4.78 is 0. The summed E-state index contributed by atoms with van der Waals surface area (Å²) in [7, 11) is 0. The molecular weight excluding hydrogens is 250 g/mol. The van der Waals surface area contributed by atoms with Crippen molar-refractivity contribution >= 4 is 10.9 Å². The van der Waals surface area contributed by atoms with E-state index in [1.54, 1.807) is 0 Å². The largest absolute Gasteiger partial charge is 0.353 e. The molecule has 0 atom stereocenters. The van der Waals surface area contributed by atoms with Gasteiger partial charge in [-0.1, -0.05) is 0 Å². The number of H-pyrrole nitrogens is 2. The molecule has 3 N–H and O–H groups in total. The van der Waals surface area contributed by atoms with Gasteiger partial charge in [-0.25, -0.2) is 0 Å². The van der Waals surface area contributed by atoms with Crippen LogP contribution in [0.5, 0.6) is 0 Å². The van der Waals surface area contributed by atoms with Crippen LogP contribution >= 0.6 is 0 Å². The first kappa shape index (κ1) is 12.2. The second-order valence-corrected chi connectivity index (χ2v) is 6.70. The van der Waals surface area contributed by atoms with Gasteiger partial charge < -0.3 is 15.3 Å². The third-order valence-corrected chi connectivity index (χ3v) is 4.95. The smallest absolute Gasteiger partial charge is 0.272 e. The SMILES string of the molecule is CC1(NCc2cc3c(C4CC4)c[nH]c(=O)c3[nH]2)CCC1. The second-order valence-electron chi connectivity index (χ2n) is 6.70. The van der Waals surface area contributed by atoms with Crippen molar-refractivity contribution in [1.29, 1.82) is 0 Å². The Hall–Kier alpha value is -1.55. The minimum atomic E-state index is -0.00879. The first-order valence-electron chi connectivity index (χ1n) is 7.63. The third-order valence-electron chi connectivity index (χ3n) is 4.95. The highest BCUT2D eigenvalue weighted by molar-refractivity contribution is 5.83. The Kier molecular flexibility index (Phi) is 2.58. The molecule has 0 aromatic carbocycles. The molecule has 2 aliphatic rings. The van der Waals surface area contributed by atoms with Gasteiger partial charge in [-0.15, -0.1) is 0 Å². The van der Waals surface area contributed by atoms with E-state index in [0.717, 1.165) is 23.1 Å². The molecule has 0 spiro atoms. The van der Waals surface area contributed by atoms with Crippen molar-refractivity contribution in [3.63, 3.8) is 0 Å². The number of pyridine rings is 1. The van der Waals surface area contributed by atoms with Crippen molar-refractivity contribution in [2.24, 2.45) is 0 Å². The first-order chi connectivity index (χ1) is 9.65. The van der Waals surface area contributed by atoms with Gasteiger partial charge in [-0.2, -0.15) is 0 Å². The van der Waals surface area contributed by atoms with Crippen molar-refractivity contribution < 1.29 is 0 Å². The van der Waals surface area contributed by atoms with E-state index < -0.39 is 0 Å². The van der Waals surface area contributed by atoms with Crippen LogP contribution in [0.25, 0.3) is 10.9 Å². The van der Waals surface area contributed by atoms with Crippen molar-refractivity contribution in [2.75, 3.05) is 0 Å². The fourth-order valence-corrected chi connectivity index (χ4v) is 3.23. The normalized spacial score (nSPS) is 21.1. The summed E-state index contributed by atoms with van der Waals surface area (Å²) in [5.41, 5.74) is 3.45. The third kappa shape index (κ3) is 1.99. The molecule has 4 nitrogen and oxygen atoms in total. The van der Waals surface area contributed by atoms with E-state index in [1.807, 2.05) is 6.20 Å². The molecule has 0 saturated heterocycles. The molecule has 2 fully saturated rings. The van der Waals surface area contributed by atoms with Gasteiger partial charge in [-0.05, 0) is 56.6 Å². The standard InChI is InChI=1S/C16H21N3O/c1-16(5-2-6-16)18-8-11-7-12-13(10-3-4-10)9-17-15(20)14(12)19-11/h7,9-10,18-19H,2-6,8H2,1H3,(H,17,20). The monoisotopic (exact) mass is 271 g/mol. The van der Waals surface area contributed by atoms with E-state index in [9.17, 15) is 4.79 Å². The molecule has 4 rings (SSSR count). The Labute approximate surface area is 118 Å². The molecule has 0 radical (unpaired) electrons. The Morgan fingerprint density at radius 1 is 1.40 bits per heavy atom. The van der Waals surface area contributed by atoms with E-state index in [1.165, 1.54) is 37.7 Å². The highest BCUT2D eigenvalue weighted by atomic mass is 16.1. The maximum absolute atomic E-state index is 11.9. The Bertz CT molecular complexity index is 704. The minimum Gasteiger partial charge on any atom is -0.353 e. The minimum absolute atomic E-state index is 0.00879. The van der Waals surface area contributed by atoms with Crippen LogP contribution in [-0.4, -0.2) is 15.5 Å². The molecule has 0 unspecified atom stereocenters. The number of rotatable bonds is 4. The fraction of sp³-hybridized carbons (Fsp3) is 0.562. The maximum Gasteiger partial charge on any atom is 0.272 e. The zero-order chi connectivity index (χ0) is 13.7. The first-order valence-corrected chi connectivity index (χ1v) is 7.63. The molecular formula is C16H21N3O. The average Bonchev–Trinajstić information content (AvgIpc) is 3.14. The van der Waals surface area contributed by atoms with Gasteiger partial charge in [-0.3, -0.25) is 4.79 Å². The van der Waals surface area contributed by atoms with Gasteiger partial charge in [0.2, 0.25) is 0 Å². The van der Waals surface area contributed by atoms with Crippen molar-refractivity contribution in [2.45, 2.75) is 57.0 Å². The molecule has 2 aromatic heterocycles. The zero-order valence-corrected chi connectivity index (χ0v) is 11.9. The van der Waals surface area contributed by atoms with Gasteiger partial charge in [0.05, 0.1) is 0 Å². The number of hydrogen-bond acceptors (Lipinski definition) is 2. The lowest BCUT2D eigenvalue weighted by molar-refractivity contribution is 0.206. The van der Waals surface area contributed by atoms with Gasteiger partial charge in [0.25, 0.3) is 5.56 Å². The molecule has 2 aromatic rings. The van der Waals surface area contributed by atoms with E-state index in [-0.39, 0.29) is 5.56 Å². The lowest BCUT2D eigenvalue weighted by Gasteiger charge is -2.39. The summed E-state index contributed by atoms with van der Waals surface area (Å²) in [6.07, 6.45) is 8.22. The van der Waals surface area contributed by atoms with E-state index in [4.69, 9.17) is 0 Å². The molecule has 20 heavy (non-hydrogen) atoms. The quantitative estimate of drug-likeness (QED) is 0.800. The number of aromatic nitrogens is 2. The zero-order valence-electron chi connectivity index (χ0n) is 11.9. The van der Waals surface area contributed by atoms with Crippen LogP contribution in [0.15, 0.2) is 17.1 Å². The van der Waals surface area contributed by atoms with Crippen LogP contribution in [0.1, 0.15) is 56.2 Å². The molecule has 2 aliphatic carbocycles. The van der Waals surface area contributed by atoms with Gasteiger partial charge >= 0.3 is 0 Å². The Morgan fingerprint density at radius 2 is 2.20 bits per heavy atom. The Morgan fingerprint density at radius 3 is 2.85 bits per heavy atom. The molecule has 0 aliphatic heterocycles. The number of hydrogen-bond donors (Lipinski definition) is 3. The second kappa shape index (κ2) is 4.22. The van der Waals surface area contributed by atoms with Crippen LogP contribution < -0.4 is 10.9 Å². The molecule has 0 bridgehead atoms. The molecule has 2 heterocycles. The molecule has 106 valence electrons. The van der Waals surface area contributed by atoms with Crippen LogP contribution in [0.2, 0.25) is 0 Å². The summed E-state index contributed by atoms with van der Waals surface area (Å²) in [4.78, 5) is 18.1. The number of aromatic amines is 2. The van der Waals surface area contributed by atoms with E-state index in [2.05, 4.69) is 28.3 Å². The summed E-state index contributed by atoms with van der Waals surface area (Å²) in [6, 6.07) is 2.16. The van der Waals surface area contributed by atoms with Crippen LogP contribution in [0.4, 0.5) is 0 Å². The lowest BCUT2D eigenvalue weighted by Crippen LogP contribution is -2.47. The van der Waals surface area contributed by atoms with Crippen LogP contribution in [0.3, 0.4) is 0 Å². The summed E-state index contributed by atoms with van der Waals surface area (Å²) in [5, 5.41) is 4.73. The van der Waals surface area contributed by atoms with E-state index >= 15 is 0 Å². The average molecular weight is 271 g/mol. The van der Waals surface area contributed by atoms with Gasteiger partial charge in [0, 0.05) is 29.4 Å². The topological polar surface area (TPSA) is 60.7 Å². The van der Waals surface area contributed by atoms with Crippen LogP contribution in [-0.2, 0) is 6.54 Å². The highest BCUT2D eigenvalue weighted by Gasteiger charge is 2.31. The van der Waals surface area contributed by atoms with Crippen molar-refractivity contribution in [3.8, 4) is 0 Å². The lowest BCUT2D eigenvalue weighted by atomic mass is 9.78. The number of fused-ring (bicyclic) bond motifs is 1. The summed E-state index contributed by atoms with van der Waals surface area (Å²) in [5.74, 6) is 0.648. The van der Waals surface area contributed by atoms with E-state index in [0.29, 0.717) is 11.5 Å².